The zero-order valence-electron chi connectivity index (χ0n) is 11.6. The molecule has 1 N–H and O–H groups in total. The quantitative estimate of drug-likeness (QED) is 0.913. The fourth-order valence-corrected chi connectivity index (χ4v) is 1.83. The lowest BCUT2D eigenvalue weighted by atomic mass is 10.1. The van der Waals surface area contributed by atoms with Crippen LogP contribution in [0.15, 0.2) is 41.5 Å². The largest absolute Gasteiger partial charge is 0.355 e. The first kappa shape index (κ1) is 14.0. The second-order valence-electron chi connectivity index (χ2n) is 4.56. The Morgan fingerprint density at radius 2 is 2.00 bits per heavy atom. The lowest BCUT2D eigenvalue weighted by Gasteiger charge is -2.06. The highest BCUT2D eigenvalue weighted by molar-refractivity contribution is 5.75. The second kappa shape index (κ2) is 6.14. The van der Waals surface area contributed by atoms with Gasteiger partial charge in [-0.05, 0) is 13.8 Å². The zero-order valence-corrected chi connectivity index (χ0v) is 11.6. The predicted octanol–water partition coefficient (Wildman–Crippen LogP) is 1.35. The molecule has 0 fully saturated rings. The third-order valence-corrected chi connectivity index (χ3v) is 2.91. The molecule has 0 spiro atoms. The standard InChI is InChI=1S/C15H17N3O2/c1-3-16-14(19)9-18-10-17-13(8-15(18)20)12-6-4-11(2)5-7-12/h4-8,10H,3,9H2,1-2H3,(H,16,19). The van der Waals surface area contributed by atoms with Gasteiger partial charge in [-0.15, -0.1) is 0 Å². The zero-order chi connectivity index (χ0) is 14.5. The van der Waals surface area contributed by atoms with Crippen molar-refractivity contribution in [1.29, 1.82) is 0 Å². The number of likely N-dealkylation sites (N-methyl/N-ethyl adjacent to an activating group) is 1. The van der Waals surface area contributed by atoms with Gasteiger partial charge in [0.1, 0.15) is 6.54 Å². The van der Waals surface area contributed by atoms with Gasteiger partial charge in [0.2, 0.25) is 5.91 Å². The fourth-order valence-electron chi connectivity index (χ4n) is 1.83. The maximum Gasteiger partial charge on any atom is 0.254 e. The van der Waals surface area contributed by atoms with Gasteiger partial charge in [-0.25, -0.2) is 4.98 Å². The molecule has 2 aromatic rings. The van der Waals surface area contributed by atoms with Crippen molar-refractivity contribution in [3.8, 4) is 11.3 Å². The van der Waals surface area contributed by atoms with Crippen LogP contribution in [-0.4, -0.2) is 22.0 Å². The first-order chi connectivity index (χ1) is 9.60. The lowest BCUT2D eigenvalue weighted by molar-refractivity contribution is -0.121. The van der Waals surface area contributed by atoms with E-state index in [1.807, 2.05) is 38.1 Å². The minimum Gasteiger partial charge on any atom is -0.355 e. The maximum atomic E-state index is 12.0. The minimum absolute atomic E-state index is 0.00610. The summed E-state index contributed by atoms with van der Waals surface area (Å²) < 4.78 is 1.29. The Bertz CT molecular complexity index is 660. The number of rotatable bonds is 4. The van der Waals surface area contributed by atoms with Crippen molar-refractivity contribution in [2.45, 2.75) is 20.4 Å². The molecule has 0 aliphatic rings. The van der Waals surface area contributed by atoms with Crippen molar-refractivity contribution in [3.63, 3.8) is 0 Å². The van der Waals surface area contributed by atoms with E-state index in [-0.39, 0.29) is 18.0 Å². The van der Waals surface area contributed by atoms with Crippen LogP contribution in [0.2, 0.25) is 0 Å². The van der Waals surface area contributed by atoms with Gasteiger partial charge in [0.25, 0.3) is 5.56 Å². The van der Waals surface area contributed by atoms with Crippen molar-refractivity contribution >= 4 is 5.91 Å². The third-order valence-electron chi connectivity index (χ3n) is 2.91. The monoisotopic (exact) mass is 271 g/mol. The highest BCUT2D eigenvalue weighted by Gasteiger charge is 2.06. The van der Waals surface area contributed by atoms with Crippen LogP contribution in [0.5, 0.6) is 0 Å². The summed E-state index contributed by atoms with van der Waals surface area (Å²) in [5.41, 5.74) is 2.42. The van der Waals surface area contributed by atoms with Crippen molar-refractivity contribution in [1.82, 2.24) is 14.9 Å². The molecule has 20 heavy (non-hydrogen) atoms. The van der Waals surface area contributed by atoms with Crippen LogP contribution in [0.3, 0.4) is 0 Å². The number of benzene rings is 1. The van der Waals surface area contributed by atoms with E-state index in [1.54, 1.807) is 0 Å². The highest BCUT2D eigenvalue weighted by Crippen LogP contribution is 2.15. The molecule has 1 aromatic carbocycles. The van der Waals surface area contributed by atoms with Gasteiger partial charge in [-0.2, -0.15) is 0 Å². The fraction of sp³-hybridized carbons (Fsp3) is 0.267. The third kappa shape index (κ3) is 3.32. The highest BCUT2D eigenvalue weighted by atomic mass is 16.2. The number of aryl methyl sites for hydroxylation is 1. The summed E-state index contributed by atoms with van der Waals surface area (Å²) in [4.78, 5) is 27.7. The molecule has 0 aliphatic carbocycles. The van der Waals surface area contributed by atoms with E-state index in [9.17, 15) is 9.59 Å². The van der Waals surface area contributed by atoms with Crippen LogP contribution in [0.4, 0.5) is 0 Å². The van der Waals surface area contributed by atoms with Crippen molar-refractivity contribution in [2.75, 3.05) is 6.54 Å². The normalized spacial score (nSPS) is 10.3. The Balaban J connectivity index is 2.23. The molecule has 1 aromatic heterocycles. The molecule has 1 amide bonds. The Morgan fingerprint density at radius 1 is 1.30 bits per heavy atom. The van der Waals surface area contributed by atoms with Crippen molar-refractivity contribution in [3.05, 3.63) is 52.6 Å². The number of hydrogen-bond acceptors (Lipinski definition) is 3. The maximum absolute atomic E-state index is 12.0. The summed E-state index contributed by atoms with van der Waals surface area (Å²) in [7, 11) is 0. The molecular weight excluding hydrogens is 254 g/mol. The first-order valence-corrected chi connectivity index (χ1v) is 6.50. The Kier molecular flexibility index (Phi) is 4.30. The van der Waals surface area contributed by atoms with E-state index < -0.39 is 0 Å². The molecule has 0 saturated heterocycles. The van der Waals surface area contributed by atoms with E-state index in [1.165, 1.54) is 17.0 Å². The molecule has 2 rings (SSSR count). The molecule has 0 atom stereocenters. The average Bonchev–Trinajstić information content (AvgIpc) is 2.42. The van der Waals surface area contributed by atoms with Crippen LogP contribution in [-0.2, 0) is 11.3 Å². The van der Waals surface area contributed by atoms with E-state index >= 15 is 0 Å². The Labute approximate surface area is 117 Å². The molecule has 0 aliphatic heterocycles. The number of amides is 1. The van der Waals surface area contributed by atoms with Crippen molar-refractivity contribution < 1.29 is 4.79 Å². The van der Waals surface area contributed by atoms with E-state index in [0.29, 0.717) is 12.2 Å². The Morgan fingerprint density at radius 3 is 2.60 bits per heavy atom. The summed E-state index contributed by atoms with van der Waals surface area (Å²) in [6.45, 7) is 4.37. The number of nitrogens with zero attached hydrogens (tertiary/aromatic N) is 2. The molecule has 0 unspecified atom stereocenters. The first-order valence-electron chi connectivity index (χ1n) is 6.50. The van der Waals surface area contributed by atoms with Gasteiger partial charge in [0.05, 0.1) is 12.0 Å². The van der Waals surface area contributed by atoms with E-state index in [2.05, 4.69) is 10.3 Å². The molecule has 1 heterocycles. The molecular formula is C15H17N3O2. The van der Waals surface area contributed by atoms with Gasteiger partial charge < -0.3 is 5.32 Å². The predicted molar refractivity (Wildman–Crippen MR) is 77.4 cm³/mol. The van der Waals surface area contributed by atoms with E-state index in [0.717, 1.165) is 11.1 Å². The van der Waals surface area contributed by atoms with Gasteiger partial charge >= 0.3 is 0 Å². The van der Waals surface area contributed by atoms with Crippen molar-refractivity contribution in [2.24, 2.45) is 0 Å². The SMILES string of the molecule is CCNC(=O)Cn1cnc(-c2ccc(C)cc2)cc1=O. The molecule has 5 heteroatoms. The van der Waals surface area contributed by atoms with Crippen LogP contribution < -0.4 is 10.9 Å². The molecule has 104 valence electrons. The summed E-state index contributed by atoms with van der Waals surface area (Å²) in [5.74, 6) is -0.195. The van der Waals surface area contributed by atoms with Crippen LogP contribution in [0, 0.1) is 6.92 Å². The molecule has 5 nitrogen and oxygen atoms in total. The van der Waals surface area contributed by atoms with Crippen LogP contribution in [0.25, 0.3) is 11.3 Å². The molecule has 0 bridgehead atoms. The number of hydrogen-bond donors (Lipinski definition) is 1. The number of carbonyl (C=O) groups is 1. The number of aromatic nitrogens is 2. The van der Waals surface area contributed by atoms with Gasteiger partial charge in [0.15, 0.2) is 0 Å². The minimum atomic E-state index is -0.234. The second-order valence-corrected chi connectivity index (χ2v) is 4.56. The van der Waals surface area contributed by atoms with Crippen LogP contribution in [0.1, 0.15) is 12.5 Å². The topological polar surface area (TPSA) is 64.0 Å². The summed E-state index contributed by atoms with van der Waals surface area (Å²) in [6, 6.07) is 9.23. The summed E-state index contributed by atoms with van der Waals surface area (Å²) >= 11 is 0. The summed E-state index contributed by atoms with van der Waals surface area (Å²) in [6.07, 6.45) is 1.41. The van der Waals surface area contributed by atoms with E-state index in [4.69, 9.17) is 0 Å². The smallest absolute Gasteiger partial charge is 0.254 e. The van der Waals surface area contributed by atoms with Gasteiger partial charge in [-0.3, -0.25) is 14.2 Å². The molecule has 0 radical (unpaired) electrons. The molecule has 0 saturated carbocycles. The average molecular weight is 271 g/mol. The lowest BCUT2D eigenvalue weighted by Crippen LogP contribution is -2.32. The number of nitrogens with one attached hydrogen (secondary N) is 1. The number of carbonyl (C=O) groups excluding carboxylic acids is 1. The van der Waals surface area contributed by atoms with Gasteiger partial charge in [-0.1, -0.05) is 29.8 Å². The summed E-state index contributed by atoms with van der Waals surface area (Å²) in [5, 5.41) is 2.65. The Hall–Kier alpha value is -2.43. The van der Waals surface area contributed by atoms with Gasteiger partial charge in [0, 0.05) is 18.2 Å². The van der Waals surface area contributed by atoms with Crippen LogP contribution >= 0.6 is 0 Å².